The van der Waals surface area contributed by atoms with Gasteiger partial charge in [-0.05, 0) is 26.3 Å². The normalized spacial score (nSPS) is 14.7. The zero-order valence-corrected chi connectivity index (χ0v) is 12.0. The van der Waals surface area contributed by atoms with E-state index >= 15 is 0 Å². The number of rotatable bonds is 6. The first-order valence-corrected chi connectivity index (χ1v) is 6.79. The Kier molecular flexibility index (Phi) is 4.22. The van der Waals surface area contributed by atoms with Crippen molar-refractivity contribution in [3.05, 3.63) is 30.0 Å². The van der Waals surface area contributed by atoms with E-state index in [1.807, 2.05) is 10.7 Å². The van der Waals surface area contributed by atoms with Gasteiger partial charge in [0.05, 0.1) is 11.2 Å². The molecule has 2 aromatic rings. The highest BCUT2D eigenvalue weighted by Crippen LogP contribution is 2.22. The Balaban J connectivity index is 2.30. The molecule has 0 saturated heterocycles. The molecule has 1 atom stereocenters. The van der Waals surface area contributed by atoms with Crippen LogP contribution in [0.4, 0.5) is 0 Å². The summed E-state index contributed by atoms with van der Waals surface area (Å²) in [6.07, 6.45) is 1.60. The molecule has 0 amide bonds. The van der Waals surface area contributed by atoms with Crippen LogP contribution in [0.1, 0.15) is 26.0 Å². The molecule has 2 N–H and O–H groups in total. The van der Waals surface area contributed by atoms with Crippen molar-refractivity contribution in [3.8, 4) is 0 Å². The van der Waals surface area contributed by atoms with Crippen molar-refractivity contribution in [2.45, 2.75) is 38.8 Å². The van der Waals surface area contributed by atoms with Crippen LogP contribution in [0.15, 0.2) is 24.3 Å². The first kappa shape index (κ1) is 14.0. The van der Waals surface area contributed by atoms with Gasteiger partial charge in [-0.2, -0.15) is 5.10 Å². The highest BCUT2D eigenvalue weighted by atomic mass is 16.5. The molecule has 0 aliphatic heterocycles. The summed E-state index contributed by atoms with van der Waals surface area (Å²) in [5.41, 5.74) is 8.33. The fourth-order valence-electron chi connectivity index (χ4n) is 2.37. The second kappa shape index (κ2) is 5.72. The highest BCUT2D eigenvalue weighted by molar-refractivity contribution is 5.82. The number of para-hydroxylation sites is 1. The zero-order chi connectivity index (χ0) is 13.9. The van der Waals surface area contributed by atoms with Gasteiger partial charge >= 0.3 is 0 Å². The number of hydrogen-bond acceptors (Lipinski definition) is 3. The Morgan fingerprint density at radius 1 is 1.37 bits per heavy atom. The lowest BCUT2D eigenvalue weighted by Gasteiger charge is -2.23. The Hall–Kier alpha value is -1.39. The van der Waals surface area contributed by atoms with E-state index in [4.69, 9.17) is 15.6 Å². The van der Waals surface area contributed by atoms with Crippen molar-refractivity contribution >= 4 is 10.9 Å². The van der Waals surface area contributed by atoms with E-state index < -0.39 is 0 Å². The quantitative estimate of drug-likeness (QED) is 0.868. The summed E-state index contributed by atoms with van der Waals surface area (Å²) < 4.78 is 7.16. The van der Waals surface area contributed by atoms with Crippen LogP contribution in [0.3, 0.4) is 0 Å². The number of aryl methyl sites for hydroxylation is 1. The van der Waals surface area contributed by atoms with Crippen LogP contribution in [0.25, 0.3) is 10.9 Å². The molecule has 4 heteroatoms. The van der Waals surface area contributed by atoms with Gasteiger partial charge in [0.15, 0.2) is 0 Å². The van der Waals surface area contributed by atoms with E-state index in [1.54, 1.807) is 7.11 Å². The Morgan fingerprint density at radius 3 is 2.79 bits per heavy atom. The summed E-state index contributed by atoms with van der Waals surface area (Å²) in [5.74, 6) is 0. The molecule has 0 fully saturated rings. The van der Waals surface area contributed by atoms with Gasteiger partial charge in [-0.25, -0.2) is 0 Å². The minimum atomic E-state index is -0.286. The highest BCUT2D eigenvalue weighted by Gasteiger charge is 2.22. The third-order valence-electron chi connectivity index (χ3n) is 3.48. The average molecular weight is 261 g/mol. The molecule has 1 unspecified atom stereocenters. The molecule has 104 valence electrons. The second-order valence-electron chi connectivity index (χ2n) is 5.35. The third kappa shape index (κ3) is 3.14. The number of hydrogen-bond donors (Lipinski definition) is 1. The maximum Gasteiger partial charge on any atom is 0.0721 e. The molecule has 1 aromatic carbocycles. The summed E-state index contributed by atoms with van der Waals surface area (Å²) in [7, 11) is 1.71. The lowest BCUT2D eigenvalue weighted by molar-refractivity contribution is 0.171. The lowest BCUT2D eigenvalue weighted by Crippen LogP contribution is -2.39. The predicted octanol–water partition coefficient (Wildman–Crippen LogP) is 2.35. The molecule has 0 radical (unpaired) electrons. The summed E-state index contributed by atoms with van der Waals surface area (Å²) >= 11 is 0. The monoisotopic (exact) mass is 261 g/mol. The van der Waals surface area contributed by atoms with Crippen LogP contribution in [0, 0.1) is 0 Å². The van der Waals surface area contributed by atoms with Crippen LogP contribution in [-0.4, -0.2) is 29.0 Å². The minimum Gasteiger partial charge on any atom is -0.385 e. The molecule has 19 heavy (non-hydrogen) atoms. The summed E-state index contributed by atoms with van der Waals surface area (Å²) in [6, 6.07) is 8.33. The molecule has 0 aliphatic carbocycles. The number of nitrogens with zero attached hydrogens (tertiary/aromatic N) is 2. The third-order valence-corrected chi connectivity index (χ3v) is 3.48. The Morgan fingerprint density at radius 2 is 2.11 bits per heavy atom. The molecule has 1 aromatic heterocycles. The van der Waals surface area contributed by atoms with Crippen LogP contribution in [0.5, 0.6) is 0 Å². The van der Waals surface area contributed by atoms with Crippen molar-refractivity contribution in [1.82, 2.24) is 9.78 Å². The molecule has 4 nitrogen and oxygen atoms in total. The van der Waals surface area contributed by atoms with Crippen molar-refractivity contribution < 1.29 is 4.74 Å². The maximum atomic E-state index is 6.35. The molecule has 0 bridgehead atoms. The van der Waals surface area contributed by atoms with Crippen LogP contribution < -0.4 is 5.73 Å². The molecule has 0 saturated carbocycles. The molecule has 0 aliphatic rings. The summed E-state index contributed by atoms with van der Waals surface area (Å²) in [5, 5.41) is 5.90. The lowest BCUT2D eigenvalue weighted by atomic mass is 9.92. The van der Waals surface area contributed by atoms with Gasteiger partial charge in [0.25, 0.3) is 0 Å². The SMILES string of the molecule is CCn1nc(CC(C)(N)CCOC)c2ccccc21. The van der Waals surface area contributed by atoms with Gasteiger partial charge in [-0.1, -0.05) is 18.2 Å². The maximum absolute atomic E-state index is 6.35. The zero-order valence-electron chi connectivity index (χ0n) is 12.0. The standard InChI is InChI=1S/C15H23N3O/c1-4-18-14-8-6-5-7-12(14)13(17-18)11-15(2,16)9-10-19-3/h5-8H,4,9-11,16H2,1-3H3. The van der Waals surface area contributed by atoms with Gasteiger partial charge in [0.2, 0.25) is 0 Å². The predicted molar refractivity (Wildman–Crippen MR) is 78.2 cm³/mol. The van der Waals surface area contributed by atoms with Gasteiger partial charge in [0.1, 0.15) is 0 Å². The first-order valence-electron chi connectivity index (χ1n) is 6.79. The van der Waals surface area contributed by atoms with E-state index in [-0.39, 0.29) is 5.54 Å². The summed E-state index contributed by atoms with van der Waals surface area (Å²) in [4.78, 5) is 0. The largest absolute Gasteiger partial charge is 0.385 e. The molecule has 1 heterocycles. The van der Waals surface area contributed by atoms with Gasteiger partial charge < -0.3 is 10.5 Å². The second-order valence-corrected chi connectivity index (χ2v) is 5.35. The average Bonchev–Trinajstić information content (AvgIpc) is 2.74. The van der Waals surface area contributed by atoms with E-state index in [1.165, 1.54) is 10.9 Å². The van der Waals surface area contributed by atoms with Crippen molar-refractivity contribution in [2.75, 3.05) is 13.7 Å². The van der Waals surface area contributed by atoms with Gasteiger partial charge in [-0.15, -0.1) is 0 Å². The number of benzene rings is 1. The molecular formula is C15H23N3O. The number of fused-ring (bicyclic) bond motifs is 1. The van der Waals surface area contributed by atoms with Gasteiger partial charge in [0, 0.05) is 37.6 Å². The molecular weight excluding hydrogens is 238 g/mol. The first-order chi connectivity index (χ1) is 9.07. The number of methoxy groups -OCH3 is 1. The van der Waals surface area contributed by atoms with E-state index in [0.29, 0.717) is 6.61 Å². The van der Waals surface area contributed by atoms with Crippen LogP contribution in [-0.2, 0) is 17.7 Å². The van der Waals surface area contributed by atoms with E-state index in [9.17, 15) is 0 Å². The fraction of sp³-hybridized carbons (Fsp3) is 0.533. The van der Waals surface area contributed by atoms with Crippen LogP contribution in [0.2, 0.25) is 0 Å². The summed E-state index contributed by atoms with van der Waals surface area (Å²) in [6.45, 7) is 5.72. The van der Waals surface area contributed by atoms with Crippen molar-refractivity contribution in [1.29, 1.82) is 0 Å². The number of nitrogens with two attached hydrogens (primary N) is 1. The van der Waals surface area contributed by atoms with E-state index in [0.717, 1.165) is 25.1 Å². The minimum absolute atomic E-state index is 0.286. The molecule has 2 rings (SSSR count). The number of ether oxygens (including phenoxy) is 1. The van der Waals surface area contributed by atoms with Crippen molar-refractivity contribution in [3.63, 3.8) is 0 Å². The van der Waals surface area contributed by atoms with Crippen molar-refractivity contribution in [2.24, 2.45) is 5.73 Å². The van der Waals surface area contributed by atoms with E-state index in [2.05, 4.69) is 32.0 Å². The smallest absolute Gasteiger partial charge is 0.0721 e. The van der Waals surface area contributed by atoms with Gasteiger partial charge in [-0.3, -0.25) is 4.68 Å². The topological polar surface area (TPSA) is 53.1 Å². The number of aromatic nitrogens is 2. The molecule has 0 spiro atoms. The Labute approximate surface area is 114 Å². The fourth-order valence-corrected chi connectivity index (χ4v) is 2.37. The van der Waals surface area contributed by atoms with Crippen LogP contribution >= 0.6 is 0 Å². The Bertz CT molecular complexity index is 545.